The molecule has 172 valence electrons. The molecule has 0 saturated carbocycles. The van der Waals surface area contributed by atoms with Crippen molar-refractivity contribution >= 4 is 17.9 Å². The summed E-state index contributed by atoms with van der Waals surface area (Å²) in [6.45, 7) is 4.41. The number of esters is 3. The Bertz CT molecular complexity index is 562. The number of carbonyl (C=O) groups is 3. The molecule has 2 aliphatic heterocycles. The van der Waals surface area contributed by atoms with Crippen molar-refractivity contribution in [2.75, 3.05) is 13.2 Å². The van der Waals surface area contributed by atoms with Crippen LogP contribution in [-0.4, -0.2) is 48.9 Å². The smallest absolute Gasteiger partial charge is 0.309 e. The van der Waals surface area contributed by atoms with Crippen LogP contribution in [0.15, 0.2) is 0 Å². The molecule has 0 bridgehead atoms. The second-order valence-corrected chi connectivity index (χ2v) is 8.48. The second-order valence-electron chi connectivity index (χ2n) is 8.48. The monoisotopic (exact) mass is 426 g/mol. The molecule has 0 N–H and O–H groups in total. The number of carbonyl (C=O) groups excluding carboxylic acids is 3. The van der Waals surface area contributed by atoms with Crippen molar-refractivity contribution in [3.8, 4) is 0 Å². The van der Waals surface area contributed by atoms with Crippen LogP contribution in [0.25, 0.3) is 0 Å². The number of rotatable bonds is 14. The van der Waals surface area contributed by atoms with Crippen molar-refractivity contribution in [1.29, 1.82) is 0 Å². The summed E-state index contributed by atoms with van der Waals surface area (Å²) >= 11 is 0. The standard InChI is InChI=1S/C23H38O7/c1-3-5-7-9-11-13-19(24)29-18-16-28-23(15-21(26)27-17-23)22(18)30-20(25)14-12-10-8-6-4-2/h18,22H,3-17H2,1-2H3/t18-,22+,23-/m1/s1. The zero-order chi connectivity index (χ0) is 21.8. The maximum absolute atomic E-state index is 12.4. The first kappa shape index (κ1) is 24.6. The Kier molecular flexibility index (Phi) is 10.6. The molecule has 0 aliphatic carbocycles. The number of hydrogen-bond donors (Lipinski definition) is 0. The molecule has 3 atom stereocenters. The van der Waals surface area contributed by atoms with E-state index in [4.69, 9.17) is 18.9 Å². The van der Waals surface area contributed by atoms with E-state index >= 15 is 0 Å². The highest BCUT2D eigenvalue weighted by atomic mass is 16.7. The van der Waals surface area contributed by atoms with Gasteiger partial charge in [0.15, 0.2) is 17.8 Å². The van der Waals surface area contributed by atoms with Crippen LogP contribution in [0.3, 0.4) is 0 Å². The topological polar surface area (TPSA) is 88.1 Å². The van der Waals surface area contributed by atoms with Crippen LogP contribution in [0.1, 0.15) is 97.3 Å². The number of ether oxygens (including phenoxy) is 4. The second kappa shape index (κ2) is 12.9. The van der Waals surface area contributed by atoms with Crippen molar-refractivity contribution in [2.45, 2.75) is 115 Å². The Hall–Kier alpha value is -1.63. The molecular formula is C23H38O7. The van der Waals surface area contributed by atoms with Crippen LogP contribution < -0.4 is 0 Å². The lowest BCUT2D eigenvalue weighted by Gasteiger charge is -2.28. The van der Waals surface area contributed by atoms with E-state index < -0.39 is 23.8 Å². The van der Waals surface area contributed by atoms with Crippen molar-refractivity contribution < 1.29 is 33.3 Å². The highest BCUT2D eigenvalue weighted by Crippen LogP contribution is 2.38. The molecule has 0 radical (unpaired) electrons. The van der Waals surface area contributed by atoms with Gasteiger partial charge in [-0.2, -0.15) is 0 Å². The predicted molar refractivity (Wildman–Crippen MR) is 111 cm³/mol. The van der Waals surface area contributed by atoms with Gasteiger partial charge in [0.1, 0.15) is 6.61 Å². The van der Waals surface area contributed by atoms with Gasteiger partial charge in [-0.3, -0.25) is 14.4 Å². The van der Waals surface area contributed by atoms with Crippen molar-refractivity contribution in [1.82, 2.24) is 0 Å². The quantitative estimate of drug-likeness (QED) is 0.233. The van der Waals surface area contributed by atoms with Gasteiger partial charge in [0, 0.05) is 12.8 Å². The molecule has 0 amide bonds. The summed E-state index contributed by atoms with van der Waals surface area (Å²) in [6.07, 6.45) is 9.48. The third-order valence-corrected chi connectivity index (χ3v) is 5.82. The van der Waals surface area contributed by atoms with Crippen LogP contribution in [0.2, 0.25) is 0 Å². The van der Waals surface area contributed by atoms with Gasteiger partial charge in [-0.1, -0.05) is 65.2 Å². The minimum absolute atomic E-state index is 0.00646. The molecule has 2 rings (SSSR count). The number of cyclic esters (lactones) is 1. The third-order valence-electron chi connectivity index (χ3n) is 5.82. The highest BCUT2D eigenvalue weighted by Gasteiger charge is 2.59. The van der Waals surface area contributed by atoms with E-state index in [0.717, 1.165) is 57.8 Å². The summed E-state index contributed by atoms with van der Waals surface area (Å²) in [5, 5.41) is 0. The highest BCUT2D eigenvalue weighted by molar-refractivity contribution is 5.74. The molecular weight excluding hydrogens is 388 g/mol. The Morgan fingerprint density at radius 1 is 0.900 bits per heavy atom. The third kappa shape index (κ3) is 7.56. The van der Waals surface area contributed by atoms with Gasteiger partial charge in [-0.25, -0.2) is 0 Å². The number of unbranched alkanes of at least 4 members (excludes halogenated alkanes) is 8. The summed E-state index contributed by atoms with van der Waals surface area (Å²) in [5.41, 5.74) is -1.04. The van der Waals surface area contributed by atoms with Crippen molar-refractivity contribution in [3.05, 3.63) is 0 Å². The van der Waals surface area contributed by atoms with Gasteiger partial charge in [0.05, 0.1) is 13.0 Å². The summed E-state index contributed by atoms with van der Waals surface area (Å²) in [4.78, 5) is 36.4. The first-order valence-corrected chi connectivity index (χ1v) is 11.7. The molecule has 0 unspecified atom stereocenters. The van der Waals surface area contributed by atoms with Crippen LogP contribution in [0, 0.1) is 0 Å². The molecule has 0 aromatic carbocycles. The fourth-order valence-electron chi connectivity index (χ4n) is 4.03. The van der Waals surface area contributed by atoms with E-state index in [-0.39, 0.29) is 31.6 Å². The first-order chi connectivity index (χ1) is 14.5. The van der Waals surface area contributed by atoms with E-state index in [0.29, 0.717) is 12.8 Å². The van der Waals surface area contributed by atoms with Crippen LogP contribution >= 0.6 is 0 Å². The van der Waals surface area contributed by atoms with Crippen LogP contribution in [0.4, 0.5) is 0 Å². The molecule has 2 aliphatic rings. The van der Waals surface area contributed by atoms with Crippen LogP contribution in [-0.2, 0) is 33.3 Å². The number of hydrogen-bond acceptors (Lipinski definition) is 7. The van der Waals surface area contributed by atoms with Crippen molar-refractivity contribution in [2.24, 2.45) is 0 Å². The van der Waals surface area contributed by atoms with E-state index in [2.05, 4.69) is 13.8 Å². The fraction of sp³-hybridized carbons (Fsp3) is 0.870. The molecule has 2 saturated heterocycles. The minimum atomic E-state index is -1.04. The molecule has 2 heterocycles. The Labute approximate surface area is 180 Å². The van der Waals surface area contributed by atoms with E-state index in [9.17, 15) is 14.4 Å². The lowest BCUT2D eigenvalue weighted by atomic mass is 9.94. The normalized spacial score (nSPS) is 25.5. The summed E-state index contributed by atoms with van der Waals surface area (Å²) in [5.74, 6) is -1.05. The SMILES string of the molecule is CCCCCCCC(=O)O[C@@H]1CO[C@]2(COC(=O)C2)[C@H]1OC(=O)CCCCCCC. The molecule has 7 nitrogen and oxygen atoms in total. The van der Waals surface area contributed by atoms with E-state index in [1.807, 2.05) is 0 Å². The van der Waals surface area contributed by atoms with Gasteiger partial charge in [0.25, 0.3) is 0 Å². The zero-order valence-corrected chi connectivity index (χ0v) is 18.6. The van der Waals surface area contributed by atoms with Gasteiger partial charge in [-0.15, -0.1) is 0 Å². The van der Waals surface area contributed by atoms with Crippen LogP contribution in [0.5, 0.6) is 0 Å². The summed E-state index contributed by atoms with van der Waals surface area (Å²) in [7, 11) is 0. The average molecular weight is 427 g/mol. The first-order valence-electron chi connectivity index (χ1n) is 11.7. The molecule has 0 aromatic rings. The zero-order valence-electron chi connectivity index (χ0n) is 18.6. The average Bonchev–Trinajstić information content (AvgIpc) is 3.25. The Balaban J connectivity index is 1.86. The molecule has 30 heavy (non-hydrogen) atoms. The lowest BCUT2D eigenvalue weighted by molar-refractivity contribution is -0.171. The summed E-state index contributed by atoms with van der Waals surface area (Å²) < 4.78 is 22.2. The minimum Gasteiger partial charge on any atom is -0.462 e. The van der Waals surface area contributed by atoms with Gasteiger partial charge in [-0.05, 0) is 12.8 Å². The van der Waals surface area contributed by atoms with Crippen molar-refractivity contribution in [3.63, 3.8) is 0 Å². The maximum Gasteiger partial charge on any atom is 0.309 e. The van der Waals surface area contributed by atoms with Gasteiger partial charge >= 0.3 is 17.9 Å². The predicted octanol–water partition coefficient (Wildman–Crippen LogP) is 4.25. The maximum atomic E-state index is 12.4. The van der Waals surface area contributed by atoms with Gasteiger partial charge in [0.2, 0.25) is 0 Å². The Morgan fingerprint density at radius 3 is 2.00 bits per heavy atom. The fourth-order valence-corrected chi connectivity index (χ4v) is 4.03. The lowest BCUT2D eigenvalue weighted by Crippen LogP contribution is -2.48. The molecule has 2 fully saturated rings. The van der Waals surface area contributed by atoms with Gasteiger partial charge < -0.3 is 18.9 Å². The summed E-state index contributed by atoms with van der Waals surface area (Å²) in [6, 6.07) is 0. The van der Waals surface area contributed by atoms with E-state index in [1.54, 1.807) is 0 Å². The molecule has 1 spiro atoms. The Morgan fingerprint density at radius 2 is 1.47 bits per heavy atom. The largest absolute Gasteiger partial charge is 0.462 e. The van der Waals surface area contributed by atoms with E-state index in [1.165, 1.54) is 6.42 Å². The molecule has 7 heteroatoms. The molecule has 0 aromatic heterocycles.